The summed E-state index contributed by atoms with van der Waals surface area (Å²) >= 11 is 1.70. The van der Waals surface area contributed by atoms with Crippen LogP contribution in [-0.2, 0) is 16.6 Å². The van der Waals surface area contributed by atoms with Crippen LogP contribution in [0.2, 0.25) is 0 Å². The molecule has 1 saturated heterocycles. The van der Waals surface area contributed by atoms with Gasteiger partial charge in [0, 0.05) is 25.6 Å². The highest BCUT2D eigenvalue weighted by molar-refractivity contribution is 7.18. The van der Waals surface area contributed by atoms with Crippen molar-refractivity contribution in [1.82, 2.24) is 15.2 Å². The number of nitrogens with zero attached hydrogens (tertiary/aromatic N) is 2. The maximum absolute atomic E-state index is 13.7. The van der Waals surface area contributed by atoms with Gasteiger partial charge in [0.1, 0.15) is 0 Å². The number of piperidine rings is 1. The van der Waals surface area contributed by atoms with Crippen molar-refractivity contribution in [3.8, 4) is 0 Å². The Bertz CT molecular complexity index is 924. The maximum Gasteiger partial charge on any atom is 0.233 e. The van der Waals surface area contributed by atoms with Crippen LogP contribution in [0.25, 0.3) is 10.2 Å². The van der Waals surface area contributed by atoms with Gasteiger partial charge < -0.3 is 10.2 Å². The van der Waals surface area contributed by atoms with Crippen molar-refractivity contribution in [2.75, 3.05) is 20.1 Å². The van der Waals surface area contributed by atoms with E-state index in [9.17, 15) is 4.79 Å². The Morgan fingerprint density at radius 2 is 1.73 bits per heavy atom. The van der Waals surface area contributed by atoms with E-state index in [-0.39, 0.29) is 30.7 Å². The first-order valence-corrected chi connectivity index (χ1v) is 10.8. The zero-order valence-corrected chi connectivity index (χ0v) is 19.8. The monoisotopic (exact) mass is 465 g/mol. The predicted molar refractivity (Wildman–Crippen MR) is 130 cm³/mol. The van der Waals surface area contributed by atoms with E-state index < -0.39 is 5.41 Å². The lowest BCUT2D eigenvalue weighted by molar-refractivity contribution is -0.138. The molecule has 4 rings (SSSR count). The first-order chi connectivity index (χ1) is 13.6. The van der Waals surface area contributed by atoms with Crippen LogP contribution in [-0.4, -0.2) is 42.0 Å². The minimum absolute atomic E-state index is 0. The first kappa shape index (κ1) is 24.6. The second-order valence-corrected chi connectivity index (χ2v) is 8.92. The lowest BCUT2D eigenvalue weighted by Crippen LogP contribution is -2.51. The minimum Gasteiger partial charge on any atom is -0.342 e. The van der Waals surface area contributed by atoms with Crippen molar-refractivity contribution in [3.05, 3.63) is 65.2 Å². The van der Waals surface area contributed by atoms with Crippen LogP contribution in [0.5, 0.6) is 0 Å². The summed E-state index contributed by atoms with van der Waals surface area (Å²) in [6, 6.07) is 18.9. The van der Waals surface area contributed by atoms with Gasteiger partial charge in [-0.2, -0.15) is 0 Å². The lowest BCUT2D eigenvalue weighted by atomic mass is 9.78. The van der Waals surface area contributed by atoms with Crippen molar-refractivity contribution in [3.63, 3.8) is 0 Å². The van der Waals surface area contributed by atoms with Crippen molar-refractivity contribution in [2.24, 2.45) is 0 Å². The molecular formula is C23H29Cl2N3OS. The number of fused-ring (bicyclic) bond motifs is 1. The molecular weight excluding hydrogens is 437 g/mol. The van der Waals surface area contributed by atoms with E-state index in [0.717, 1.165) is 42.0 Å². The first-order valence-electron chi connectivity index (χ1n) is 9.97. The van der Waals surface area contributed by atoms with Crippen LogP contribution in [0.3, 0.4) is 0 Å². The molecule has 1 aliphatic heterocycles. The van der Waals surface area contributed by atoms with Gasteiger partial charge in [-0.25, -0.2) is 4.98 Å². The van der Waals surface area contributed by atoms with E-state index in [2.05, 4.69) is 30.4 Å². The number of halogens is 2. The number of carbonyl (C=O) groups is 1. The van der Waals surface area contributed by atoms with Crippen LogP contribution in [0.4, 0.5) is 0 Å². The van der Waals surface area contributed by atoms with Gasteiger partial charge in [-0.3, -0.25) is 4.79 Å². The van der Waals surface area contributed by atoms with E-state index >= 15 is 0 Å². The molecule has 0 radical (unpaired) electrons. The average Bonchev–Trinajstić information content (AvgIpc) is 3.16. The quantitative estimate of drug-likeness (QED) is 0.585. The van der Waals surface area contributed by atoms with Gasteiger partial charge in [0.05, 0.1) is 20.6 Å². The van der Waals surface area contributed by atoms with Crippen molar-refractivity contribution >= 4 is 52.3 Å². The maximum atomic E-state index is 13.7. The second kappa shape index (κ2) is 10.6. The summed E-state index contributed by atoms with van der Waals surface area (Å²) in [5.74, 6) is 0.215. The Kier molecular flexibility index (Phi) is 8.68. The fraction of sp³-hybridized carbons (Fsp3) is 0.391. The number of benzene rings is 2. The third-order valence-corrected chi connectivity index (χ3v) is 6.95. The van der Waals surface area contributed by atoms with Crippen LogP contribution >= 0.6 is 36.2 Å². The number of hydrogen-bond donors (Lipinski definition) is 1. The molecule has 0 saturated carbocycles. The van der Waals surface area contributed by atoms with Gasteiger partial charge >= 0.3 is 0 Å². The molecule has 0 spiro atoms. The molecule has 1 fully saturated rings. The summed E-state index contributed by atoms with van der Waals surface area (Å²) < 4.78 is 1.18. The molecule has 4 nitrogen and oxygen atoms in total. The molecule has 1 amide bonds. The van der Waals surface area contributed by atoms with E-state index in [1.165, 1.54) is 4.70 Å². The zero-order valence-electron chi connectivity index (χ0n) is 17.3. The largest absolute Gasteiger partial charge is 0.342 e. The average molecular weight is 466 g/mol. The normalized spacial score (nSPS) is 16.4. The summed E-state index contributed by atoms with van der Waals surface area (Å²) in [5, 5.41) is 4.36. The van der Waals surface area contributed by atoms with Gasteiger partial charge in [0.2, 0.25) is 5.91 Å². The molecule has 2 heterocycles. The molecule has 2 aromatic carbocycles. The van der Waals surface area contributed by atoms with E-state index in [0.29, 0.717) is 12.5 Å². The zero-order chi connectivity index (χ0) is 19.6. The molecule has 30 heavy (non-hydrogen) atoms. The Hall–Kier alpha value is -1.66. The molecule has 1 N–H and O–H groups in total. The van der Waals surface area contributed by atoms with Gasteiger partial charge in [0.25, 0.3) is 0 Å². The number of hydrogen-bond acceptors (Lipinski definition) is 4. The Labute approximate surface area is 194 Å². The SMILES string of the molecule is CNC1CCN(C(=O)C(C)(Cc2nc3ccccc3s2)c2ccccc2)CC1.Cl.Cl. The fourth-order valence-corrected chi connectivity index (χ4v) is 5.25. The lowest BCUT2D eigenvalue weighted by Gasteiger charge is -2.38. The Balaban J connectivity index is 0.00000160. The van der Waals surface area contributed by atoms with E-state index in [1.54, 1.807) is 11.3 Å². The molecule has 1 aromatic heterocycles. The predicted octanol–water partition coefficient (Wildman–Crippen LogP) is 4.85. The minimum atomic E-state index is -0.610. The van der Waals surface area contributed by atoms with Gasteiger partial charge in [-0.15, -0.1) is 36.2 Å². The van der Waals surface area contributed by atoms with Crippen LogP contribution in [0.15, 0.2) is 54.6 Å². The van der Waals surface area contributed by atoms with Crippen molar-refractivity contribution < 1.29 is 4.79 Å². The Morgan fingerprint density at radius 3 is 2.37 bits per heavy atom. The van der Waals surface area contributed by atoms with Gasteiger partial charge in [0.15, 0.2) is 0 Å². The summed E-state index contributed by atoms with van der Waals surface area (Å²) in [6.07, 6.45) is 2.64. The molecule has 7 heteroatoms. The standard InChI is InChI=1S/C23H27N3OS.2ClH/c1-23(17-8-4-3-5-9-17,22(27)26-14-12-18(24-2)13-15-26)16-21-25-19-10-6-7-11-20(19)28-21;;/h3-11,18,24H,12-16H2,1-2H3;2*1H. The number of amides is 1. The smallest absolute Gasteiger partial charge is 0.233 e. The number of likely N-dealkylation sites (tertiary alicyclic amines) is 1. The molecule has 0 aliphatic carbocycles. The van der Waals surface area contributed by atoms with Crippen molar-refractivity contribution in [1.29, 1.82) is 0 Å². The summed E-state index contributed by atoms with van der Waals surface area (Å²) in [6.45, 7) is 3.71. The third-order valence-electron chi connectivity index (χ3n) is 5.92. The second-order valence-electron chi connectivity index (χ2n) is 7.81. The van der Waals surface area contributed by atoms with Crippen LogP contribution in [0.1, 0.15) is 30.3 Å². The highest BCUT2D eigenvalue weighted by Gasteiger charge is 2.40. The van der Waals surface area contributed by atoms with Crippen molar-refractivity contribution in [2.45, 2.75) is 37.6 Å². The molecule has 1 unspecified atom stereocenters. The number of rotatable bonds is 5. The summed E-state index contributed by atoms with van der Waals surface area (Å²) in [5.41, 5.74) is 1.47. The van der Waals surface area contributed by atoms with Crippen LogP contribution < -0.4 is 5.32 Å². The third kappa shape index (κ3) is 4.97. The molecule has 3 aromatic rings. The number of nitrogens with one attached hydrogen (secondary N) is 1. The highest BCUT2D eigenvalue weighted by atomic mass is 35.5. The molecule has 0 bridgehead atoms. The molecule has 1 atom stereocenters. The number of aromatic nitrogens is 1. The van der Waals surface area contributed by atoms with E-state index in [4.69, 9.17) is 4.98 Å². The molecule has 1 aliphatic rings. The molecule has 162 valence electrons. The van der Waals surface area contributed by atoms with Gasteiger partial charge in [-0.1, -0.05) is 42.5 Å². The summed E-state index contributed by atoms with van der Waals surface area (Å²) in [7, 11) is 2.00. The summed E-state index contributed by atoms with van der Waals surface area (Å²) in [4.78, 5) is 20.6. The topological polar surface area (TPSA) is 45.2 Å². The van der Waals surface area contributed by atoms with E-state index in [1.807, 2.05) is 48.3 Å². The number of para-hydroxylation sites is 1. The van der Waals surface area contributed by atoms with Gasteiger partial charge in [-0.05, 0) is 44.5 Å². The number of carbonyl (C=O) groups excluding carboxylic acids is 1. The Morgan fingerprint density at radius 1 is 1.10 bits per heavy atom. The fourth-order valence-electron chi connectivity index (χ4n) is 4.13. The van der Waals surface area contributed by atoms with Crippen LogP contribution in [0, 0.1) is 0 Å². The highest BCUT2D eigenvalue weighted by Crippen LogP contribution is 2.34. The number of thiazole rings is 1.